The molecule has 5 rings (SSSR count). The van der Waals surface area contributed by atoms with Gasteiger partial charge in [0.25, 0.3) is 0 Å². The Morgan fingerprint density at radius 1 is 1.24 bits per heavy atom. The Labute approximate surface area is 196 Å². The van der Waals surface area contributed by atoms with Crippen LogP contribution >= 0.6 is 11.6 Å². The second-order valence-electron chi connectivity index (χ2n) is 8.28. The molecule has 0 unspecified atom stereocenters. The van der Waals surface area contributed by atoms with E-state index in [4.69, 9.17) is 21.1 Å². The third-order valence-electron chi connectivity index (χ3n) is 5.74. The van der Waals surface area contributed by atoms with Crippen molar-refractivity contribution >= 4 is 40.0 Å². The first-order chi connectivity index (χ1) is 16.1. The van der Waals surface area contributed by atoms with Crippen LogP contribution in [0.5, 0.6) is 11.6 Å². The Bertz CT molecular complexity index is 1200. The molecule has 0 spiro atoms. The molecule has 1 saturated heterocycles. The fourth-order valence-electron chi connectivity index (χ4n) is 3.72. The number of halogens is 1. The summed E-state index contributed by atoms with van der Waals surface area (Å²) in [6.45, 7) is 5.37. The van der Waals surface area contributed by atoms with Gasteiger partial charge < -0.3 is 19.7 Å². The van der Waals surface area contributed by atoms with Gasteiger partial charge in [0.2, 0.25) is 11.8 Å². The Balaban J connectivity index is 1.34. The third kappa shape index (κ3) is 5.01. The Kier molecular flexibility index (Phi) is 6.00. The van der Waals surface area contributed by atoms with Crippen LogP contribution in [0.25, 0.3) is 11.0 Å². The maximum Gasteiger partial charge on any atom is 0.246 e. The van der Waals surface area contributed by atoms with E-state index in [1.807, 2.05) is 18.2 Å². The molecule has 2 aliphatic rings. The molecule has 3 aromatic rings. The first-order valence-corrected chi connectivity index (χ1v) is 11.4. The van der Waals surface area contributed by atoms with Crippen molar-refractivity contribution in [1.82, 2.24) is 19.9 Å². The summed E-state index contributed by atoms with van der Waals surface area (Å²) in [5.74, 6) is 2.20. The molecule has 1 N–H and O–H groups in total. The lowest BCUT2D eigenvalue weighted by Gasteiger charge is -2.16. The van der Waals surface area contributed by atoms with Crippen molar-refractivity contribution in [2.24, 2.45) is 5.92 Å². The van der Waals surface area contributed by atoms with Gasteiger partial charge >= 0.3 is 0 Å². The van der Waals surface area contributed by atoms with Gasteiger partial charge in [0.05, 0.1) is 23.7 Å². The molecule has 1 saturated carbocycles. The highest BCUT2D eigenvalue weighted by Gasteiger charge is 2.27. The number of amides is 1. The fourth-order valence-corrected chi connectivity index (χ4v) is 3.90. The van der Waals surface area contributed by atoms with Gasteiger partial charge in [-0.05, 0) is 43.0 Å². The van der Waals surface area contributed by atoms with E-state index in [0.717, 1.165) is 12.1 Å². The van der Waals surface area contributed by atoms with Crippen molar-refractivity contribution < 1.29 is 14.3 Å². The largest absolute Gasteiger partial charge is 0.492 e. The van der Waals surface area contributed by atoms with Crippen LogP contribution < -0.4 is 14.8 Å². The van der Waals surface area contributed by atoms with Crippen LogP contribution in [-0.4, -0.2) is 51.6 Å². The number of fused-ring (bicyclic) bond motifs is 1. The lowest BCUT2D eigenvalue weighted by atomic mass is 10.2. The van der Waals surface area contributed by atoms with Crippen molar-refractivity contribution in [3.05, 3.63) is 54.3 Å². The number of benzene rings is 1. The number of aromatic nitrogens is 3. The van der Waals surface area contributed by atoms with Gasteiger partial charge in [0.15, 0.2) is 5.82 Å². The number of pyridine rings is 1. The zero-order valence-corrected chi connectivity index (χ0v) is 18.8. The molecule has 170 valence electrons. The molecule has 0 bridgehead atoms. The molecule has 1 aliphatic carbocycles. The number of ether oxygens (including phenoxy) is 2. The van der Waals surface area contributed by atoms with Crippen molar-refractivity contribution in [3.63, 3.8) is 0 Å². The van der Waals surface area contributed by atoms with Gasteiger partial charge in [-0.2, -0.15) is 0 Å². The van der Waals surface area contributed by atoms with Gasteiger partial charge in [-0.15, -0.1) is 0 Å². The van der Waals surface area contributed by atoms with Crippen molar-refractivity contribution in [2.45, 2.75) is 25.4 Å². The molecule has 2 aromatic heterocycles. The minimum atomic E-state index is -0.123. The van der Waals surface area contributed by atoms with Crippen LogP contribution in [-0.2, 0) is 4.79 Å². The summed E-state index contributed by atoms with van der Waals surface area (Å²) in [5, 5.41) is 3.87. The lowest BCUT2D eigenvalue weighted by molar-refractivity contribution is -0.125. The Morgan fingerprint density at radius 2 is 2.12 bits per heavy atom. The number of nitrogens with one attached hydrogen (secondary N) is 1. The van der Waals surface area contributed by atoms with E-state index in [1.165, 1.54) is 25.2 Å². The van der Waals surface area contributed by atoms with Gasteiger partial charge in [0, 0.05) is 30.8 Å². The van der Waals surface area contributed by atoms with Crippen LogP contribution in [0, 0.1) is 5.92 Å². The summed E-state index contributed by atoms with van der Waals surface area (Å²) < 4.78 is 11.9. The van der Waals surface area contributed by atoms with E-state index in [1.54, 1.807) is 17.0 Å². The van der Waals surface area contributed by atoms with Crippen LogP contribution in [0.2, 0.25) is 5.02 Å². The predicted octanol–water partition coefficient (Wildman–Crippen LogP) is 4.38. The van der Waals surface area contributed by atoms with Gasteiger partial charge in [0.1, 0.15) is 23.7 Å². The molecule has 1 aliphatic heterocycles. The average Bonchev–Trinajstić information content (AvgIpc) is 3.55. The fraction of sp³-hybridized carbons (Fsp3) is 0.333. The highest BCUT2D eigenvalue weighted by molar-refractivity contribution is 6.32. The second kappa shape index (κ2) is 9.23. The number of carbonyl (C=O) groups excluding carboxylic acids is 1. The van der Waals surface area contributed by atoms with E-state index >= 15 is 0 Å². The molecule has 1 aromatic carbocycles. The van der Waals surface area contributed by atoms with Crippen molar-refractivity contribution in [2.75, 3.05) is 25.0 Å². The van der Waals surface area contributed by atoms with E-state index in [9.17, 15) is 4.79 Å². The maximum absolute atomic E-state index is 11.8. The molecule has 33 heavy (non-hydrogen) atoms. The van der Waals surface area contributed by atoms with E-state index in [-0.39, 0.29) is 12.0 Å². The lowest BCUT2D eigenvalue weighted by Crippen LogP contribution is -2.29. The standard InChI is InChI=1S/C24H24ClN5O3/c1-2-22(31)30-10-9-17(12-30)33-21-8-7-19-23(29-21)24(27-14-26-19)28-16-5-6-18(25)20(11-16)32-13-15-3-4-15/h2,5-8,11,14-15,17H,1,3-4,9-10,12-13H2,(H,26,27,28)/t17-/m0/s1. The van der Waals surface area contributed by atoms with Gasteiger partial charge in [-0.3, -0.25) is 4.79 Å². The van der Waals surface area contributed by atoms with Crippen LogP contribution in [0.3, 0.4) is 0 Å². The van der Waals surface area contributed by atoms with Crippen LogP contribution in [0.1, 0.15) is 19.3 Å². The van der Waals surface area contributed by atoms with E-state index < -0.39 is 0 Å². The van der Waals surface area contributed by atoms with Crippen molar-refractivity contribution in [1.29, 1.82) is 0 Å². The molecule has 1 amide bonds. The minimum Gasteiger partial charge on any atom is -0.492 e. The third-order valence-corrected chi connectivity index (χ3v) is 6.05. The average molecular weight is 466 g/mol. The molecule has 3 heterocycles. The van der Waals surface area contributed by atoms with E-state index in [0.29, 0.717) is 59.1 Å². The topological polar surface area (TPSA) is 89.5 Å². The first-order valence-electron chi connectivity index (χ1n) is 11.0. The van der Waals surface area contributed by atoms with Crippen molar-refractivity contribution in [3.8, 4) is 11.6 Å². The number of anilines is 2. The summed E-state index contributed by atoms with van der Waals surface area (Å²) in [4.78, 5) is 26.9. The number of hydrogen-bond acceptors (Lipinski definition) is 7. The van der Waals surface area contributed by atoms with Gasteiger partial charge in [-0.1, -0.05) is 18.2 Å². The van der Waals surface area contributed by atoms with E-state index in [2.05, 4.69) is 26.8 Å². The number of likely N-dealkylation sites (tertiary alicyclic amines) is 1. The molecule has 1 atom stereocenters. The molecular weight excluding hydrogens is 442 g/mol. The predicted molar refractivity (Wildman–Crippen MR) is 126 cm³/mol. The monoisotopic (exact) mass is 465 g/mol. The molecule has 9 heteroatoms. The Morgan fingerprint density at radius 3 is 2.94 bits per heavy atom. The van der Waals surface area contributed by atoms with Gasteiger partial charge in [-0.25, -0.2) is 15.0 Å². The molecular formula is C24H24ClN5O3. The number of carbonyl (C=O) groups is 1. The summed E-state index contributed by atoms with van der Waals surface area (Å²) in [5.41, 5.74) is 2.06. The number of nitrogens with zero attached hydrogens (tertiary/aromatic N) is 4. The van der Waals surface area contributed by atoms with Crippen LogP contribution in [0.4, 0.5) is 11.5 Å². The summed E-state index contributed by atoms with van der Waals surface area (Å²) in [7, 11) is 0. The number of hydrogen-bond donors (Lipinski definition) is 1. The molecule has 8 nitrogen and oxygen atoms in total. The zero-order valence-electron chi connectivity index (χ0n) is 18.0. The number of rotatable bonds is 8. The molecule has 2 fully saturated rings. The quantitative estimate of drug-likeness (QED) is 0.494. The minimum absolute atomic E-state index is 0.0871. The molecule has 0 radical (unpaired) electrons. The summed E-state index contributed by atoms with van der Waals surface area (Å²) >= 11 is 6.30. The normalized spacial score (nSPS) is 17.7. The second-order valence-corrected chi connectivity index (χ2v) is 8.69. The SMILES string of the molecule is C=CC(=O)N1CC[C@H](Oc2ccc3ncnc(Nc4ccc(Cl)c(OCC5CC5)c4)c3n2)C1. The van der Waals surface area contributed by atoms with Crippen LogP contribution in [0.15, 0.2) is 49.3 Å². The highest BCUT2D eigenvalue weighted by Crippen LogP contribution is 2.34. The smallest absolute Gasteiger partial charge is 0.246 e. The Hall–Kier alpha value is -3.39. The highest BCUT2D eigenvalue weighted by atomic mass is 35.5. The zero-order chi connectivity index (χ0) is 22.8. The summed E-state index contributed by atoms with van der Waals surface area (Å²) in [6, 6.07) is 9.16. The first kappa shape index (κ1) is 21.5. The maximum atomic E-state index is 11.8. The summed E-state index contributed by atoms with van der Waals surface area (Å²) in [6.07, 6.45) is 5.85.